The molecule has 2 amide bonds. The maximum atomic E-state index is 11.6. The number of rotatable bonds is 5. The van der Waals surface area contributed by atoms with E-state index in [0.717, 1.165) is 5.56 Å². The first-order valence-electron chi connectivity index (χ1n) is 5.65. The molecule has 0 heterocycles. The zero-order chi connectivity index (χ0) is 14.4. The van der Waals surface area contributed by atoms with Crippen LogP contribution in [0.5, 0.6) is 0 Å². The second-order valence-electron chi connectivity index (χ2n) is 3.94. The summed E-state index contributed by atoms with van der Waals surface area (Å²) >= 11 is 11.8. The number of carbonyl (C=O) groups is 2. The van der Waals surface area contributed by atoms with Crippen molar-refractivity contribution in [3.8, 4) is 0 Å². The zero-order valence-corrected chi connectivity index (χ0v) is 13.1. The predicted octanol–water partition coefficient (Wildman–Crippen LogP) is 1.67. The van der Waals surface area contributed by atoms with E-state index in [2.05, 4.69) is 10.6 Å². The molecule has 1 unspecified atom stereocenters. The molecule has 0 aliphatic carbocycles. The summed E-state index contributed by atoms with van der Waals surface area (Å²) in [4.78, 5) is 22.5. The number of hydrogen-bond acceptors (Lipinski definition) is 3. The van der Waals surface area contributed by atoms with Crippen molar-refractivity contribution in [2.75, 3.05) is 13.1 Å². The molecule has 0 aliphatic heterocycles. The minimum Gasteiger partial charge on any atom is -0.348 e. The lowest BCUT2D eigenvalue weighted by atomic mass is 10.1. The lowest BCUT2D eigenvalue weighted by molar-refractivity contribution is -0.125. The fraction of sp³-hybridized carbons (Fsp3) is 0.333. The van der Waals surface area contributed by atoms with Crippen molar-refractivity contribution >= 4 is 47.4 Å². The summed E-state index contributed by atoms with van der Waals surface area (Å²) in [6.07, 6.45) is 0. The van der Waals surface area contributed by atoms with Gasteiger partial charge in [0.05, 0.1) is 19.1 Å². The Bertz CT molecular complexity index is 483. The zero-order valence-electron chi connectivity index (χ0n) is 10.8. The molecular weight excluding hydrogens is 325 g/mol. The fourth-order valence-electron chi connectivity index (χ4n) is 1.47. The van der Waals surface area contributed by atoms with E-state index in [0.29, 0.717) is 10.0 Å². The number of nitrogens with two attached hydrogens (primary N) is 1. The number of amides is 2. The Balaban J connectivity index is 0.00000361. The summed E-state index contributed by atoms with van der Waals surface area (Å²) < 4.78 is 0. The third-order valence-electron chi connectivity index (χ3n) is 2.44. The van der Waals surface area contributed by atoms with Gasteiger partial charge in [0.1, 0.15) is 0 Å². The van der Waals surface area contributed by atoms with Crippen molar-refractivity contribution in [2.24, 2.45) is 5.73 Å². The Morgan fingerprint density at radius 3 is 2.50 bits per heavy atom. The van der Waals surface area contributed by atoms with Gasteiger partial charge in [-0.15, -0.1) is 12.4 Å². The van der Waals surface area contributed by atoms with Crippen molar-refractivity contribution in [2.45, 2.75) is 13.0 Å². The second-order valence-corrected chi connectivity index (χ2v) is 4.78. The molecule has 4 N–H and O–H groups in total. The van der Waals surface area contributed by atoms with Crippen LogP contribution in [0.15, 0.2) is 18.2 Å². The van der Waals surface area contributed by atoms with Crippen LogP contribution in [0, 0.1) is 0 Å². The first kappa shape index (κ1) is 19.0. The highest BCUT2D eigenvalue weighted by molar-refractivity contribution is 6.35. The molecule has 1 aromatic rings. The molecular formula is C12H16Cl3N3O2. The normalized spacial score (nSPS) is 11.2. The summed E-state index contributed by atoms with van der Waals surface area (Å²) in [7, 11) is 0. The Labute approximate surface area is 133 Å². The van der Waals surface area contributed by atoms with E-state index < -0.39 is 0 Å². The molecule has 8 heteroatoms. The molecule has 1 aromatic carbocycles. The monoisotopic (exact) mass is 339 g/mol. The average molecular weight is 341 g/mol. The summed E-state index contributed by atoms with van der Waals surface area (Å²) in [5.41, 5.74) is 5.87. The molecule has 0 aliphatic rings. The molecule has 20 heavy (non-hydrogen) atoms. The van der Waals surface area contributed by atoms with E-state index in [1.54, 1.807) is 25.1 Å². The Kier molecular flexibility index (Phi) is 8.57. The maximum absolute atomic E-state index is 11.6. The fourth-order valence-corrected chi connectivity index (χ4v) is 2.05. The first-order valence-corrected chi connectivity index (χ1v) is 6.40. The number of carbonyl (C=O) groups excluding carboxylic acids is 2. The highest BCUT2D eigenvalue weighted by Crippen LogP contribution is 2.25. The van der Waals surface area contributed by atoms with Crippen molar-refractivity contribution in [3.63, 3.8) is 0 Å². The summed E-state index contributed by atoms with van der Waals surface area (Å²) in [6.45, 7) is 1.52. The van der Waals surface area contributed by atoms with Gasteiger partial charge < -0.3 is 16.4 Å². The Morgan fingerprint density at radius 2 is 1.95 bits per heavy atom. The molecule has 0 fully saturated rings. The van der Waals surface area contributed by atoms with Crippen LogP contribution in [0.1, 0.15) is 18.5 Å². The van der Waals surface area contributed by atoms with Gasteiger partial charge >= 0.3 is 0 Å². The number of hydrogen-bond donors (Lipinski definition) is 3. The van der Waals surface area contributed by atoms with E-state index >= 15 is 0 Å². The van der Waals surface area contributed by atoms with Gasteiger partial charge in [-0.25, -0.2) is 0 Å². The summed E-state index contributed by atoms with van der Waals surface area (Å²) in [5, 5.41) is 6.10. The van der Waals surface area contributed by atoms with E-state index in [4.69, 9.17) is 28.9 Å². The van der Waals surface area contributed by atoms with E-state index in [1.807, 2.05) is 0 Å². The number of nitrogens with one attached hydrogen (secondary N) is 2. The van der Waals surface area contributed by atoms with Crippen LogP contribution in [-0.4, -0.2) is 24.9 Å². The van der Waals surface area contributed by atoms with Gasteiger partial charge in [-0.3, -0.25) is 9.59 Å². The van der Waals surface area contributed by atoms with Crippen molar-refractivity contribution in [1.29, 1.82) is 0 Å². The molecule has 5 nitrogen and oxygen atoms in total. The molecule has 1 rings (SSSR count). The molecule has 1 atom stereocenters. The third-order valence-corrected chi connectivity index (χ3v) is 3.00. The van der Waals surface area contributed by atoms with E-state index in [-0.39, 0.29) is 43.4 Å². The highest BCUT2D eigenvalue weighted by atomic mass is 35.5. The average Bonchev–Trinajstić information content (AvgIpc) is 2.35. The van der Waals surface area contributed by atoms with Crippen LogP contribution in [0.25, 0.3) is 0 Å². The van der Waals surface area contributed by atoms with Gasteiger partial charge in [0, 0.05) is 10.0 Å². The third kappa shape index (κ3) is 5.96. The standard InChI is InChI=1S/C12H15Cl2N3O2.ClH/c1-7(9-3-2-8(13)4-10(9)14)17-12(19)6-16-11(18)5-15;/h2-4,7H,5-6,15H2,1H3,(H,16,18)(H,17,19);1H. The van der Waals surface area contributed by atoms with Crippen LogP contribution in [-0.2, 0) is 9.59 Å². The van der Waals surface area contributed by atoms with Gasteiger partial charge in [0.25, 0.3) is 0 Å². The molecule has 0 saturated heterocycles. The van der Waals surface area contributed by atoms with E-state index in [1.165, 1.54) is 0 Å². The SMILES string of the molecule is CC(NC(=O)CNC(=O)CN)c1ccc(Cl)cc1Cl.Cl. The van der Waals surface area contributed by atoms with Crippen LogP contribution >= 0.6 is 35.6 Å². The lowest BCUT2D eigenvalue weighted by Crippen LogP contribution is -2.40. The van der Waals surface area contributed by atoms with Crippen LogP contribution in [0.2, 0.25) is 10.0 Å². The molecule has 0 aromatic heterocycles. The molecule has 0 saturated carbocycles. The maximum Gasteiger partial charge on any atom is 0.239 e. The van der Waals surface area contributed by atoms with Crippen LogP contribution in [0.3, 0.4) is 0 Å². The van der Waals surface area contributed by atoms with Crippen molar-refractivity contribution in [3.05, 3.63) is 33.8 Å². The largest absolute Gasteiger partial charge is 0.348 e. The van der Waals surface area contributed by atoms with Gasteiger partial charge in [-0.2, -0.15) is 0 Å². The molecule has 0 radical (unpaired) electrons. The lowest BCUT2D eigenvalue weighted by Gasteiger charge is -2.16. The number of halogens is 3. The second kappa shape index (κ2) is 9.02. The van der Waals surface area contributed by atoms with Crippen LogP contribution in [0.4, 0.5) is 0 Å². The van der Waals surface area contributed by atoms with Gasteiger partial charge in [-0.1, -0.05) is 29.3 Å². The van der Waals surface area contributed by atoms with Gasteiger partial charge in [0.2, 0.25) is 11.8 Å². The van der Waals surface area contributed by atoms with Crippen molar-refractivity contribution in [1.82, 2.24) is 10.6 Å². The molecule has 112 valence electrons. The first-order chi connectivity index (χ1) is 8.93. The minimum atomic E-state index is -0.382. The molecule has 0 bridgehead atoms. The summed E-state index contributed by atoms with van der Waals surface area (Å²) in [6, 6.07) is 4.76. The smallest absolute Gasteiger partial charge is 0.239 e. The molecule has 0 spiro atoms. The quantitative estimate of drug-likeness (QED) is 0.762. The highest BCUT2D eigenvalue weighted by Gasteiger charge is 2.13. The van der Waals surface area contributed by atoms with Crippen molar-refractivity contribution < 1.29 is 9.59 Å². The predicted molar refractivity (Wildman–Crippen MR) is 82.3 cm³/mol. The topological polar surface area (TPSA) is 84.2 Å². The van der Waals surface area contributed by atoms with Crippen LogP contribution < -0.4 is 16.4 Å². The Morgan fingerprint density at radius 1 is 1.30 bits per heavy atom. The minimum absolute atomic E-state index is 0. The van der Waals surface area contributed by atoms with E-state index in [9.17, 15) is 9.59 Å². The number of benzene rings is 1. The van der Waals surface area contributed by atoms with Gasteiger partial charge in [-0.05, 0) is 24.6 Å². The van der Waals surface area contributed by atoms with Gasteiger partial charge in [0.15, 0.2) is 0 Å². The Hall–Kier alpha value is -1.01. The summed E-state index contributed by atoms with van der Waals surface area (Å²) in [5.74, 6) is -0.701.